The molecule has 25 heavy (non-hydrogen) atoms. The van der Waals surface area contributed by atoms with Crippen LogP contribution in [0.5, 0.6) is 0 Å². The van der Waals surface area contributed by atoms with Gasteiger partial charge in [0.25, 0.3) is 0 Å². The van der Waals surface area contributed by atoms with Gasteiger partial charge >= 0.3 is 6.03 Å². The van der Waals surface area contributed by atoms with E-state index in [9.17, 15) is 9.90 Å². The smallest absolute Gasteiger partial charge is 0.320 e. The van der Waals surface area contributed by atoms with Crippen molar-refractivity contribution >= 4 is 6.03 Å². The lowest BCUT2D eigenvalue weighted by Gasteiger charge is -2.43. The number of carbonyl (C=O) groups excluding carboxylic acids is 1. The quantitative estimate of drug-likeness (QED) is 0.763. The van der Waals surface area contributed by atoms with Gasteiger partial charge < -0.3 is 25.0 Å². The Labute approximate surface area is 151 Å². The number of ether oxygens (including phenoxy) is 1. The summed E-state index contributed by atoms with van der Waals surface area (Å²) in [7, 11) is 1.78. The molecule has 0 radical (unpaired) electrons. The molecule has 3 rings (SSSR count). The van der Waals surface area contributed by atoms with Crippen LogP contribution in [-0.4, -0.2) is 79.5 Å². The van der Waals surface area contributed by atoms with E-state index >= 15 is 0 Å². The van der Waals surface area contributed by atoms with Crippen molar-refractivity contribution < 1.29 is 14.6 Å². The number of rotatable bonds is 6. The van der Waals surface area contributed by atoms with Gasteiger partial charge in [0.1, 0.15) is 0 Å². The molecule has 0 aromatic carbocycles. The predicted molar refractivity (Wildman–Crippen MR) is 97.5 cm³/mol. The third-order valence-electron chi connectivity index (χ3n) is 6.47. The molecule has 2 aliphatic heterocycles. The molecule has 6 heteroatoms. The van der Waals surface area contributed by atoms with Crippen LogP contribution >= 0.6 is 0 Å². The Morgan fingerprint density at radius 2 is 1.84 bits per heavy atom. The molecule has 6 nitrogen and oxygen atoms in total. The summed E-state index contributed by atoms with van der Waals surface area (Å²) in [6.07, 6.45) is 5.75. The Bertz CT molecular complexity index is 443. The minimum Gasteiger partial charge on any atom is -0.393 e. The van der Waals surface area contributed by atoms with Crippen molar-refractivity contribution in [1.82, 2.24) is 15.1 Å². The van der Waals surface area contributed by atoms with E-state index in [1.807, 2.05) is 9.80 Å². The van der Waals surface area contributed by atoms with Gasteiger partial charge in [-0.05, 0) is 38.0 Å². The van der Waals surface area contributed by atoms with Crippen LogP contribution in [0, 0.1) is 11.3 Å². The highest BCUT2D eigenvalue weighted by atomic mass is 16.5. The van der Waals surface area contributed by atoms with Gasteiger partial charge in [0, 0.05) is 51.3 Å². The lowest BCUT2D eigenvalue weighted by Crippen LogP contribution is -2.53. The van der Waals surface area contributed by atoms with Gasteiger partial charge in [-0.15, -0.1) is 0 Å². The lowest BCUT2D eigenvalue weighted by atomic mass is 9.79. The Hall–Kier alpha value is -0.850. The highest BCUT2D eigenvalue weighted by Crippen LogP contribution is 2.36. The Morgan fingerprint density at radius 1 is 1.20 bits per heavy atom. The van der Waals surface area contributed by atoms with Gasteiger partial charge in [-0.25, -0.2) is 4.79 Å². The molecule has 0 aromatic heterocycles. The average Bonchev–Trinajstić information content (AvgIpc) is 3.40. The van der Waals surface area contributed by atoms with E-state index in [2.05, 4.69) is 12.2 Å². The minimum absolute atomic E-state index is 0.152. The molecule has 1 aliphatic carbocycles. The fourth-order valence-corrected chi connectivity index (χ4v) is 4.40. The first-order valence-electron chi connectivity index (χ1n) is 10.0. The van der Waals surface area contributed by atoms with Gasteiger partial charge in [-0.3, -0.25) is 0 Å². The molecule has 2 heterocycles. The molecular formula is C19H35N3O3. The topological polar surface area (TPSA) is 65.0 Å². The molecule has 3 aliphatic rings. The predicted octanol–water partition coefficient (Wildman–Crippen LogP) is 1.68. The van der Waals surface area contributed by atoms with Crippen LogP contribution in [0.25, 0.3) is 0 Å². The molecule has 2 amide bonds. The second-order valence-electron chi connectivity index (χ2n) is 8.31. The van der Waals surface area contributed by atoms with E-state index in [1.165, 1.54) is 12.8 Å². The summed E-state index contributed by atoms with van der Waals surface area (Å²) in [6.45, 7) is 7.01. The normalized spacial score (nSPS) is 29.7. The average molecular weight is 354 g/mol. The van der Waals surface area contributed by atoms with E-state index in [4.69, 9.17) is 4.74 Å². The summed E-state index contributed by atoms with van der Waals surface area (Å²) in [5, 5.41) is 13.4. The molecule has 1 saturated carbocycles. The Morgan fingerprint density at radius 3 is 2.40 bits per heavy atom. The maximum atomic E-state index is 12.7. The number of hydrogen-bond donors (Lipinski definition) is 2. The van der Waals surface area contributed by atoms with Crippen LogP contribution in [-0.2, 0) is 4.74 Å². The number of piperidine rings is 2. The zero-order valence-corrected chi connectivity index (χ0v) is 15.9. The minimum atomic E-state index is -0.236. The molecule has 0 bridgehead atoms. The number of aliphatic hydroxyl groups is 1. The largest absolute Gasteiger partial charge is 0.393 e. The maximum absolute atomic E-state index is 12.7. The van der Waals surface area contributed by atoms with Crippen LogP contribution in [0.1, 0.15) is 45.4 Å². The molecular weight excluding hydrogens is 318 g/mol. The highest BCUT2D eigenvalue weighted by molar-refractivity contribution is 5.74. The summed E-state index contributed by atoms with van der Waals surface area (Å²) in [5.74, 6) is 0.857. The van der Waals surface area contributed by atoms with E-state index in [0.29, 0.717) is 32.0 Å². The van der Waals surface area contributed by atoms with Crippen molar-refractivity contribution in [2.45, 2.75) is 57.6 Å². The van der Waals surface area contributed by atoms with E-state index in [1.54, 1.807) is 7.11 Å². The molecule has 2 saturated heterocycles. The second kappa shape index (κ2) is 8.23. The second-order valence-corrected chi connectivity index (χ2v) is 8.31. The van der Waals surface area contributed by atoms with Crippen molar-refractivity contribution in [2.24, 2.45) is 11.3 Å². The van der Waals surface area contributed by atoms with Gasteiger partial charge in [0.15, 0.2) is 0 Å². The van der Waals surface area contributed by atoms with Crippen molar-refractivity contribution in [3.63, 3.8) is 0 Å². The van der Waals surface area contributed by atoms with Gasteiger partial charge in [0.05, 0.1) is 12.7 Å². The summed E-state index contributed by atoms with van der Waals surface area (Å²) in [5.41, 5.74) is 0.157. The van der Waals surface area contributed by atoms with Crippen LogP contribution in [0.4, 0.5) is 4.79 Å². The Kier molecular flexibility index (Phi) is 6.23. The standard InChI is InChI=1S/C19H35N3O3/c1-3-15-12-17(15)20-13-19(14-25-2)6-10-22(11-7-19)18(24)21-8-4-16(23)5-9-21/h15-17,20,23H,3-14H2,1-2H3/t15?,17-/m1/s1. The van der Waals surface area contributed by atoms with Crippen molar-refractivity contribution in [3.05, 3.63) is 0 Å². The van der Waals surface area contributed by atoms with E-state index in [-0.39, 0.29) is 17.6 Å². The number of nitrogens with one attached hydrogen (secondary N) is 1. The summed E-state index contributed by atoms with van der Waals surface area (Å²) in [6, 6.07) is 0.845. The monoisotopic (exact) mass is 353 g/mol. The first-order chi connectivity index (χ1) is 12.1. The van der Waals surface area contributed by atoms with Gasteiger partial charge in [0.2, 0.25) is 0 Å². The van der Waals surface area contributed by atoms with Crippen LogP contribution < -0.4 is 5.32 Å². The molecule has 3 fully saturated rings. The van der Waals surface area contributed by atoms with Crippen LogP contribution in [0.2, 0.25) is 0 Å². The summed E-state index contributed by atoms with van der Waals surface area (Å²) in [4.78, 5) is 16.6. The van der Waals surface area contributed by atoms with Gasteiger partial charge in [-0.2, -0.15) is 0 Å². The maximum Gasteiger partial charge on any atom is 0.320 e. The zero-order chi connectivity index (χ0) is 17.9. The van der Waals surface area contributed by atoms with E-state index in [0.717, 1.165) is 45.0 Å². The fourth-order valence-electron chi connectivity index (χ4n) is 4.40. The fraction of sp³-hybridized carbons (Fsp3) is 0.947. The van der Waals surface area contributed by atoms with E-state index < -0.39 is 0 Å². The number of likely N-dealkylation sites (tertiary alicyclic amines) is 2. The first kappa shape index (κ1) is 18.9. The molecule has 1 unspecified atom stereocenters. The Balaban J connectivity index is 1.48. The number of hydrogen-bond acceptors (Lipinski definition) is 4. The van der Waals surface area contributed by atoms with Crippen LogP contribution in [0.15, 0.2) is 0 Å². The highest BCUT2D eigenvalue weighted by Gasteiger charge is 2.41. The molecule has 0 spiro atoms. The van der Waals surface area contributed by atoms with Gasteiger partial charge in [-0.1, -0.05) is 13.3 Å². The molecule has 2 N–H and O–H groups in total. The number of amides is 2. The number of aliphatic hydroxyl groups excluding tert-OH is 1. The van der Waals surface area contributed by atoms with Crippen molar-refractivity contribution in [1.29, 1.82) is 0 Å². The number of urea groups is 1. The number of nitrogens with zero attached hydrogens (tertiary/aromatic N) is 2. The molecule has 2 atom stereocenters. The number of methoxy groups -OCH3 is 1. The number of carbonyl (C=O) groups is 1. The summed E-state index contributed by atoms with van der Waals surface area (Å²) >= 11 is 0. The van der Waals surface area contributed by atoms with Crippen molar-refractivity contribution in [2.75, 3.05) is 46.4 Å². The lowest BCUT2D eigenvalue weighted by molar-refractivity contribution is 0.0216. The third kappa shape index (κ3) is 4.66. The first-order valence-corrected chi connectivity index (χ1v) is 10.0. The zero-order valence-electron chi connectivity index (χ0n) is 15.9. The SMILES string of the molecule is CCC1C[C@H]1NCC1(COC)CCN(C(=O)N2CCC(O)CC2)CC1. The third-order valence-corrected chi connectivity index (χ3v) is 6.47. The molecule has 144 valence electrons. The van der Waals surface area contributed by atoms with Crippen LogP contribution in [0.3, 0.4) is 0 Å². The molecule has 0 aromatic rings. The van der Waals surface area contributed by atoms with Crippen molar-refractivity contribution in [3.8, 4) is 0 Å². The summed E-state index contributed by atoms with van der Waals surface area (Å²) < 4.78 is 5.53.